The van der Waals surface area contributed by atoms with Gasteiger partial charge in [-0.2, -0.15) is 12.8 Å². The van der Waals surface area contributed by atoms with E-state index in [1.165, 1.54) is 18.3 Å². The maximum absolute atomic E-state index is 12.1. The fraction of sp³-hybridized carbons (Fsp3) is 0. The van der Waals surface area contributed by atoms with E-state index in [1.54, 1.807) is 30.6 Å². The Labute approximate surface area is 122 Å². The van der Waals surface area contributed by atoms with Gasteiger partial charge >= 0.3 is 0 Å². The molecule has 1 heterocycles. The number of nitrogens with zero attached hydrogens (tertiary/aromatic N) is 2. The largest absolute Gasteiger partial charge is 0.282 e. The summed E-state index contributed by atoms with van der Waals surface area (Å²) in [5, 5.41) is 1.86. The molecule has 0 aliphatic rings. The molecule has 4 nitrogen and oxygen atoms in total. The van der Waals surface area contributed by atoms with Gasteiger partial charge in [-0.1, -0.05) is 42.5 Å². The minimum atomic E-state index is -3.69. The number of benzene rings is 2. The highest BCUT2D eigenvalue weighted by molar-refractivity contribution is 7.90. The Hall–Kier alpha value is -2.53. The molecule has 0 atom stereocenters. The normalized spacial score (nSPS) is 12.0. The fourth-order valence-electron chi connectivity index (χ4n) is 2.02. The highest BCUT2D eigenvalue weighted by Gasteiger charge is 2.10. The molecule has 0 fully saturated rings. The van der Waals surface area contributed by atoms with Gasteiger partial charge < -0.3 is 0 Å². The average molecular weight is 296 g/mol. The van der Waals surface area contributed by atoms with E-state index in [2.05, 4.69) is 9.38 Å². The van der Waals surface area contributed by atoms with Crippen molar-refractivity contribution in [3.8, 4) is 0 Å². The first-order valence-electron chi connectivity index (χ1n) is 6.35. The van der Waals surface area contributed by atoms with Crippen LogP contribution in [-0.4, -0.2) is 19.6 Å². The summed E-state index contributed by atoms with van der Waals surface area (Å²) in [7, 11) is -3.69. The van der Waals surface area contributed by atoms with Crippen LogP contribution in [0.5, 0.6) is 0 Å². The van der Waals surface area contributed by atoms with Gasteiger partial charge in [0, 0.05) is 29.6 Å². The first kappa shape index (κ1) is 13.5. The third kappa shape index (κ3) is 2.83. The Morgan fingerprint density at radius 3 is 2.43 bits per heavy atom. The van der Waals surface area contributed by atoms with Crippen molar-refractivity contribution in [2.45, 2.75) is 4.90 Å². The van der Waals surface area contributed by atoms with Crippen LogP contribution < -0.4 is 0 Å². The van der Waals surface area contributed by atoms with Crippen molar-refractivity contribution in [3.05, 3.63) is 72.6 Å². The minimum absolute atomic E-state index is 0.175. The van der Waals surface area contributed by atoms with Gasteiger partial charge in [0.1, 0.15) is 0 Å². The van der Waals surface area contributed by atoms with E-state index < -0.39 is 10.0 Å². The molecule has 0 N–H and O–H groups in total. The zero-order valence-electron chi connectivity index (χ0n) is 11.0. The third-order valence-electron chi connectivity index (χ3n) is 3.07. The predicted molar refractivity (Wildman–Crippen MR) is 83.0 cm³/mol. The average Bonchev–Trinajstić information content (AvgIpc) is 2.54. The Morgan fingerprint density at radius 1 is 0.905 bits per heavy atom. The molecule has 2 aromatic carbocycles. The van der Waals surface area contributed by atoms with E-state index in [0.717, 1.165) is 10.8 Å². The molecule has 0 radical (unpaired) electrons. The highest BCUT2D eigenvalue weighted by Crippen LogP contribution is 2.17. The molecule has 0 saturated heterocycles. The molecule has 0 saturated carbocycles. The molecule has 0 amide bonds. The summed E-state index contributed by atoms with van der Waals surface area (Å²) in [5.74, 6) is 0. The lowest BCUT2D eigenvalue weighted by molar-refractivity contribution is 0.598. The van der Waals surface area contributed by atoms with Gasteiger partial charge in [0.15, 0.2) is 0 Å². The van der Waals surface area contributed by atoms with Gasteiger partial charge in [-0.25, -0.2) is 0 Å². The molecule has 0 bridgehead atoms. The van der Waals surface area contributed by atoms with Gasteiger partial charge in [0.2, 0.25) is 0 Å². The minimum Gasteiger partial charge on any atom is -0.263 e. The summed E-state index contributed by atoms with van der Waals surface area (Å²) >= 11 is 0. The molecular formula is C16H12N2O2S. The number of hydrogen-bond acceptors (Lipinski definition) is 3. The monoisotopic (exact) mass is 296 g/mol. The van der Waals surface area contributed by atoms with Crippen molar-refractivity contribution in [1.29, 1.82) is 0 Å². The SMILES string of the molecule is O=S(=O)(N=Cc1cncc2ccccc12)c1ccccc1. The zero-order chi connectivity index (χ0) is 14.7. The lowest BCUT2D eigenvalue weighted by Crippen LogP contribution is -1.98. The van der Waals surface area contributed by atoms with Crippen LogP contribution in [-0.2, 0) is 10.0 Å². The lowest BCUT2D eigenvalue weighted by Gasteiger charge is -2.01. The molecule has 5 heteroatoms. The number of rotatable bonds is 3. The summed E-state index contributed by atoms with van der Waals surface area (Å²) in [5.41, 5.74) is 0.674. The topological polar surface area (TPSA) is 59.4 Å². The second-order valence-electron chi connectivity index (χ2n) is 4.47. The van der Waals surface area contributed by atoms with Crippen molar-refractivity contribution >= 4 is 27.0 Å². The molecule has 104 valence electrons. The Balaban J connectivity index is 2.03. The van der Waals surface area contributed by atoms with Gasteiger partial charge in [0.05, 0.1) is 4.90 Å². The second kappa shape index (κ2) is 5.46. The maximum Gasteiger partial charge on any atom is 0.282 e. The summed E-state index contributed by atoms with van der Waals surface area (Å²) in [6.45, 7) is 0. The van der Waals surface area contributed by atoms with Crippen LogP contribution in [0, 0.1) is 0 Å². The number of hydrogen-bond donors (Lipinski definition) is 0. The van der Waals surface area contributed by atoms with Gasteiger partial charge in [-0.15, -0.1) is 0 Å². The number of fused-ring (bicyclic) bond motifs is 1. The molecule has 0 unspecified atom stereocenters. The number of sulfonamides is 1. The smallest absolute Gasteiger partial charge is 0.263 e. The van der Waals surface area contributed by atoms with Crippen LogP contribution >= 0.6 is 0 Å². The van der Waals surface area contributed by atoms with E-state index in [9.17, 15) is 8.42 Å². The first-order valence-corrected chi connectivity index (χ1v) is 7.79. The summed E-state index contributed by atoms with van der Waals surface area (Å²) in [6.07, 6.45) is 4.68. The summed E-state index contributed by atoms with van der Waals surface area (Å²) < 4.78 is 28.0. The van der Waals surface area contributed by atoms with Crippen LogP contribution in [0.1, 0.15) is 5.56 Å². The molecule has 0 aliphatic carbocycles. The van der Waals surface area contributed by atoms with Crippen molar-refractivity contribution in [2.24, 2.45) is 4.40 Å². The summed E-state index contributed by atoms with van der Waals surface area (Å²) in [6, 6.07) is 15.8. The van der Waals surface area contributed by atoms with Crippen LogP contribution in [0.15, 0.2) is 76.3 Å². The Bertz CT molecular complexity index is 898. The molecule has 21 heavy (non-hydrogen) atoms. The van der Waals surface area contributed by atoms with Crippen molar-refractivity contribution in [3.63, 3.8) is 0 Å². The van der Waals surface area contributed by atoms with E-state index >= 15 is 0 Å². The molecule has 0 spiro atoms. The maximum atomic E-state index is 12.1. The standard InChI is InChI=1S/C16H12N2O2S/c19-21(20,15-7-2-1-3-8-15)18-12-14-11-17-10-13-6-4-5-9-16(13)14/h1-12H. The molecule has 3 aromatic rings. The van der Waals surface area contributed by atoms with Gasteiger partial charge in [-0.05, 0) is 17.5 Å². The van der Waals surface area contributed by atoms with Crippen LogP contribution in [0.3, 0.4) is 0 Å². The van der Waals surface area contributed by atoms with Gasteiger partial charge in [0.25, 0.3) is 10.0 Å². The number of aromatic nitrogens is 1. The van der Waals surface area contributed by atoms with Crippen LogP contribution in [0.2, 0.25) is 0 Å². The quantitative estimate of drug-likeness (QED) is 0.698. The third-order valence-corrected chi connectivity index (χ3v) is 4.32. The molecular weight excluding hydrogens is 284 g/mol. The van der Waals surface area contributed by atoms with Crippen LogP contribution in [0.4, 0.5) is 0 Å². The van der Waals surface area contributed by atoms with Crippen molar-refractivity contribution < 1.29 is 8.42 Å². The van der Waals surface area contributed by atoms with Crippen molar-refractivity contribution in [2.75, 3.05) is 0 Å². The molecule has 3 rings (SSSR count). The number of pyridine rings is 1. The zero-order valence-corrected chi connectivity index (χ0v) is 11.9. The predicted octanol–water partition coefficient (Wildman–Crippen LogP) is 3.04. The van der Waals surface area contributed by atoms with E-state index in [0.29, 0.717) is 5.56 Å². The molecule has 1 aromatic heterocycles. The first-order chi connectivity index (χ1) is 10.2. The Morgan fingerprint density at radius 2 is 1.62 bits per heavy atom. The van der Waals surface area contributed by atoms with E-state index in [4.69, 9.17) is 0 Å². The van der Waals surface area contributed by atoms with E-state index in [-0.39, 0.29) is 4.90 Å². The van der Waals surface area contributed by atoms with Crippen LogP contribution in [0.25, 0.3) is 10.8 Å². The second-order valence-corrected chi connectivity index (χ2v) is 6.10. The fourth-order valence-corrected chi connectivity index (χ4v) is 2.90. The summed E-state index contributed by atoms with van der Waals surface area (Å²) in [4.78, 5) is 4.28. The van der Waals surface area contributed by atoms with Gasteiger partial charge in [-0.3, -0.25) is 4.98 Å². The van der Waals surface area contributed by atoms with Crippen molar-refractivity contribution in [1.82, 2.24) is 4.98 Å². The van der Waals surface area contributed by atoms with E-state index in [1.807, 2.05) is 24.3 Å². The lowest BCUT2D eigenvalue weighted by atomic mass is 10.1. The Kier molecular flexibility index (Phi) is 3.50. The molecule has 0 aliphatic heterocycles. The highest BCUT2D eigenvalue weighted by atomic mass is 32.2.